The molecule has 21 heavy (non-hydrogen) atoms. The quantitative estimate of drug-likeness (QED) is 0.681. The molecule has 1 aromatic carbocycles. The molecule has 0 unspecified atom stereocenters. The van der Waals surface area contributed by atoms with Crippen molar-refractivity contribution >= 4 is 17.3 Å². The molecule has 1 aromatic heterocycles. The highest BCUT2D eigenvalue weighted by Crippen LogP contribution is 2.22. The van der Waals surface area contributed by atoms with Crippen LogP contribution in [-0.4, -0.2) is 14.7 Å². The zero-order valence-corrected chi connectivity index (χ0v) is 12.9. The first-order chi connectivity index (χ1) is 9.91. The second-order valence-corrected chi connectivity index (χ2v) is 5.27. The maximum Gasteiger partial charge on any atom is 0.272 e. The Labute approximate surface area is 127 Å². The molecule has 0 amide bonds. The molecule has 0 saturated heterocycles. The van der Waals surface area contributed by atoms with Crippen molar-refractivity contribution in [2.75, 3.05) is 0 Å². The summed E-state index contributed by atoms with van der Waals surface area (Å²) in [6.07, 6.45) is 0. The third-order valence-corrected chi connectivity index (χ3v) is 3.98. The number of hydrogen-bond donors (Lipinski definition) is 1. The van der Waals surface area contributed by atoms with E-state index in [1.54, 1.807) is 17.7 Å². The number of aromatic nitrogens is 2. The molecular formula is C14H17ClN4O2. The Bertz CT molecular complexity index is 682. The average Bonchev–Trinajstić information content (AvgIpc) is 2.66. The molecule has 112 valence electrons. The zero-order chi connectivity index (χ0) is 15.6. The summed E-state index contributed by atoms with van der Waals surface area (Å²) in [5, 5.41) is 19.1. The van der Waals surface area contributed by atoms with Crippen molar-refractivity contribution in [1.29, 1.82) is 0 Å². The lowest BCUT2D eigenvalue weighted by atomic mass is 10.1. The van der Waals surface area contributed by atoms with Crippen LogP contribution in [0, 0.1) is 24.0 Å². The first-order valence-corrected chi connectivity index (χ1v) is 6.91. The van der Waals surface area contributed by atoms with Gasteiger partial charge in [-0.1, -0.05) is 23.7 Å². The number of halogens is 1. The fourth-order valence-corrected chi connectivity index (χ4v) is 2.47. The van der Waals surface area contributed by atoms with E-state index in [0.717, 1.165) is 17.0 Å². The van der Waals surface area contributed by atoms with E-state index in [4.69, 9.17) is 11.6 Å². The second-order valence-electron chi connectivity index (χ2n) is 4.89. The van der Waals surface area contributed by atoms with E-state index < -0.39 is 0 Å². The van der Waals surface area contributed by atoms with Gasteiger partial charge < -0.3 is 5.32 Å². The molecule has 0 spiro atoms. The lowest BCUT2D eigenvalue weighted by molar-refractivity contribution is -0.385. The van der Waals surface area contributed by atoms with Crippen molar-refractivity contribution in [3.8, 4) is 0 Å². The van der Waals surface area contributed by atoms with Crippen LogP contribution in [0.2, 0.25) is 5.02 Å². The van der Waals surface area contributed by atoms with Gasteiger partial charge in [-0.3, -0.25) is 14.8 Å². The zero-order valence-electron chi connectivity index (χ0n) is 12.2. The third kappa shape index (κ3) is 3.22. The minimum atomic E-state index is -0.361. The molecule has 0 aliphatic rings. The van der Waals surface area contributed by atoms with Gasteiger partial charge in [0.1, 0.15) is 0 Å². The Kier molecular flexibility index (Phi) is 4.59. The van der Waals surface area contributed by atoms with Gasteiger partial charge in [0.05, 0.1) is 21.3 Å². The summed E-state index contributed by atoms with van der Waals surface area (Å²) in [4.78, 5) is 10.6. The smallest absolute Gasteiger partial charge is 0.272 e. The molecule has 2 aromatic rings. The van der Waals surface area contributed by atoms with Gasteiger partial charge in [-0.2, -0.15) is 5.10 Å². The molecule has 0 aliphatic heterocycles. The van der Waals surface area contributed by atoms with Crippen LogP contribution < -0.4 is 5.32 Å². The SMILES string of the molecule is Cc1nn(C)c(CNCc2cccc([N+](=O)[O-])c2C)c1Cl. The van der Waals surface area contributed by atoms with Crippen LogP contribution in [0.4, 0.5) is 5.69 Å². The second kappa shape index (κ2) is 6.24. The molecule has 0 saturated carbocycles. The van der Waals surface area contributed by atoms with Crippen molar-refractivity contribution in [3.63, 3.8) is 0 Å². The van der Waals surface area contributed by atoms with Crippen LogP contribution in [-0.2, 0) is 20.1 Å². The van der Waals surface area contributed by atoms with Gasteiger partial charge in [-0.15, -0.1) is 0 Å². The Morgan fingerprint density at radius 2 is 2.10 bits per heavy atom. The normalized spacial score (nSPS) is 10.9. The lowest BCUT2D eigenvalue weighted by Gasteiger charge is -2.09. The predicted octanol–water partition coefficient (Wildman–Crippen LogP) is 2.89. The highest BCUT2D eigenvalue weighted by atomic mass is 35.5. The summed E-state index contributed by atoms with van der Waals surface area (Å²) < 4.78 is 1.74. The van der Waals surface area contributed by atoms with Crippen molar-refractivity contribution in [2.45, 2.75) is 26.9 Å². The van der Waals surface area contributed by atoms with Crippen LogP contribution in [0.1, 0.15) is 22.5 Å². The van der Waals surface area contributed by atoms with E-state index in [9.17, 15) is 10.1 Å². The van der Waals surface area contributed by atoms with Gasteiger partial charge in [-0.05, 0) is 19.4 Å². The molecular weight excluding hydrogens is 292 g/mol. The molecule has 7 heteroatoms. The number of nitro groups is 1. The van der Waals surface area contributed by atoms with Crippen LogP contribution in [0.3, 0.4) is 0 Å². The minimum absolute atomic E-state index is 0.142. The Hall–Kier alpha value is -1.92. The Balaban J connectivity index is 2.07. The number of nitrogens with zero attached hydrogens (tertiary/aromatic N) is 3. The summed E-state index contributed by atoms with van der Waals surface area (Å²) in [5.74, 6) is 0. The average molecular weight is 309 g/mol. The van der Waals surface area contributed by atoms with E-state index in [-0.39, 0.29) is 10.6 Å². The molecule has 2 rings (SSSR count). The number of rotatable bonds is 5. The first kappa shape index (κ1) is 15.5. The van der Waals surface area contributed by atoms with Gasteiger partial charge in [-0.25, -0.2) is 0 Å². The molecule has 0 radical (unpaired) electrons. The maximum absolute atomic E-state index is 10.9. The molecule has 0 bridgehead atoms. The first-order valence-electron chi connectivity index (χ1n) is 6.53. The van der Waals surface area contributed by atoms with Gasteiger partial charge >= 0.3 is 0 Å². The summed E-state index contributed by atoms with van der Waals surface area (Å²) in [6, 6.07) is 5.09. The molecule has 0 aliphatic carbocycles. The molecule has 0 fully saturated rings. The van der Waals surface area contributed by atoms with Crippen LogP contribution >= 0.6 is 11.6 Å². The van der Waals surface area contributed by atoms with E-state index >= 15 is 0 Å². The van der Waals surface area contributed by atoms with Crippen LogP contribution in [0.15, 0.2) is 18.2 Å². The highest BCUT2D eigenvalue weighted by Gasteiger charge is 2.14. The van der Waals surface area contributed by atoms with Crippen molar-refractivity contribution in [2.24, 2.45) is 7.05 Å². The minimum Gasteiger partial charge on any atom is -0.307 e. The van der Waals surface area contributed by atoms with Crippen molar-refractivity contribution in [1.82, 2.24) is 15.1 Å². The fraction of sp³-hybridized carbons (Fsp3) is 0.357. The Morgan fingerprint density at radius 3 is 2.67 bits per heavy atom. The molecule has 1 heterocycles. The van der Waals surface area contributed by atoms with E-state index in [1.165, 1.54) is 6.07 Å². The summed E-state index contributed by atoms with van der Waals surface area (Å²) >= 11 is 6.18. The number of hydrogen-bond acceptors (Lipinski definition) is 4. The van der Waals surface area contributed by atoms with Crippen LogP contribution in [0.5, 0.6) is 0 Å². The van der Waals surface area contributed by atoms with E-state index in [1.807, 2.05) is 20.0 Å². The lowest BCUT2D eigenvalue weighted by Crippen LogP contribution is -2.16. The van der Waals surface area contributed by atoms with Crippen molar-refractivity contribution < 1.29 is 4.92 Å². The predicted molar refractivity (Wildman–Crippen MR) is 81.3 cm³/mol. The largest absolute Gasteiger partial charge is 0.307 e. The third-order valence-electron chi connectivity index (χ3n) is 3.48. The summed E-state index contributed by atoms with van der Waals surface area (Å²) in [6.45, 7) is 4.71. The standard InChI is InChI=1S/C14H17ClN4O2/c1-9-11(5-4-6-12(9)19(20)21)7-16-8-13-14(15)10(2)17-18(13)3/h4-6,16H,7-8H2,1-3H3. The monoisotopic (exact) mass is 308 g/mol. The van der Waals surface area contributed by atoms with Crippen molar-refractivity contribution in [3.05, 3.63) is 55.9 Å². The fourth-order valence-electron chi connectivity index (χ4n) is 2.25. The highest BCUT2D eigenvalue weighted by molar-refractivity contribution is 6.31. The van der Waals surface area contributed by atoms with Crippen LogP contribution in [0.25, 0.3) is 0 Å². The van der Waals surface area contributed by atoms with E-state index in [2.05, 4.69) is 10.4 Å². The summed E-state index contributed by atoms with van der Waals surface area (Å²) in [5.41, 5.74) is 3.42. The number of benzene rings is 1. The van der Waals surface area contributed by atoms with Gasteiger partial charge in [0.15, 0.2) is 0 Å². The topological polar surface area (TPSA) is 73.0 Å². The number of aryl methyl sites for hydroxylation is 2. The van der Waals surface area contributed by atoms with Gasteiger partial charge in [0.25, 0.3) is 5.69 Å². The summed E-state index contributed by atoms with van der Waals surface area (Å²) in [7, 11) is 1.84. The van der Waals surface area contributed by atoms with Gasteiger partial charge in [0, 0.05) is 31.8 Å². The maximum atomic E-state index is 10.9. The van der Waals surface area contributed by atoms with E-state index in [0.29, 0.717) is 23.7 Å². The molecule has 1 N–H and O–H groups in total. The number of nitrogens with one attached hydrogen (secondary N) is 1. The number of nitro benzene ring substituents is 1. The molecule has 0 atom stereocenters. The van der Waals surface area contributed by atoms with Gasteiger partial charge in [0.2, 0.25) is 0 Å². The Morgan fingerprint density at radius 1 is 1.38 bits per heavy atom. The molecule has 6 nitrogen and oxygen atoms in total.